The topological polar surface area (TPSA) is 169 Å². The van der Waals surface area contributed by atoms with Gasteiger partial charge in [0.15, 0.2) is 0 Å². The summed E-state index contributed by atoms with van der Waals surface area (Å²) in [5.41, 5.74) is 17.8. The van der Waals surface area contributed by atoms with E-state index in [9.17, 15) is 9.59 Å². The normalized spacial score (nSPS) is 14.8. The van der Waals surface area contributed by atoms with Crippen LogP contribution in [0.5, 0.6) is 28.7 Å². The smallest absolute Gasteiger partial charge is 0.250 e. The Balaban J connectivity index is 0.000000159. The SMILES string of the molecule is COc1cncc(CNc2ccc3c(c2)Oc2c(cccc2-c2cc(N4CCOCC4)cc(=O)[nH]2)C3)c1.Nc1ccc2c(c1)Oc1c(cccc1-c1cc(N3CCOCC3)cc(=O)[nH]1)C2. The van der Waals surface area contributed by atoms with Crippen LogP contribution in [0, 0.1) is 0 Å². The summed E-state index contributed by atoms with van der Waals surface area (Å²) >= 11 is 0. The van der Waals surface area contributed by atoms with Crippen LogP contribution in [0.15, 0.2) is 125 Å². The molecule has 7 aromatic rings. The summed E-state index contributed by atoms with van der Waals surface area (Å²) in [4.78, 5) is 39.5. The number of fused-ring (bicyclic) bond motifs is 4. The Morgan fingerprint density at radius 3 is 1.77 bits per heavy atom. The monoisotopic (exact) mass is 871 g/mol. The number of morpholine rings is 2. The van der Waals surface area contributed by atoms with Crippen LogP contribution in [-0.4, -0.2) is 74.7 Å². The zero-order chi connectivity index (χ0) is 44.3. The van der Waals surface area contributed by atoms with E-state index in [4.69, 9.17) is 29.4 Å². The number of hydrogen-bond acceptors (Lipinski definition) is 12. The molecule has 7 heterocycles. The van der Waals surface area contributed by atoms with E-state index in [0.717, 1.165) is 135 Å². The maximum absolute atomic E-state index is 12.6. The highest BCUT2D eigenvalue weighted by atomic mass is 16.5. The molecule has 0 atom stereocenters. The number of H-pyrrole nitrogens is 2. The number of aromatic nitrogens is 3. The van der Waals surface area contributed by atoms with Crippen LogP contribution in [-0.2, 0) is 28.9 Å². The molecule has 4 aliphatic rings. The van der Waals surface area contributed by atoms with Crippen molar-refractivity contribution in [1.82, 2.24) is 15.0 Å². The second-order valence-electron chi connectivity index (χ2n) is 16.4. The molecule has 0 amide bonds. The Bertz CT molecular complexity index is 2990. The maximum atomic E-state index is 12.6. The van der Waals surface area contributed by atoms with Crippen LogP contribution in [0.1, 0.15) is 27.8 Å². The maximum Gasteiger partial charge on any atom is 0.250 e. The van der Waals surface area contributed by atoms with Gasteiger partial charge < -0.3 is 54.5 Å². The van der Waals surface area contributed by atoms with Gasteiger partial charge in [-0.1, -0.05) is 36.4 Å². The first kappa shape index (κ1) is 41.5. The number of pyridine rings is 3. The number of nitrogen functional groups attached to an aromatic ring is 1. The lowest BCUT2D eigenvalue weighted by Gasteiger charge is -2.29. The fraction of sp³-hybridized carbons (Fsp3) is 0.235. The Morgan fingerprint density at radius 1 is 0.646 bits per heavy atom. The molecule has 2 fully saturated rings. The standard InChI is InChI=1S/C29H28N4O4.C22H21N3O3/c1-35-24-11-19(16-30-18-24)17-31-22-6-5-20-12-21-3-2-4-25(29(21)37-27(20)13-22)26-14-23(15-28(34)32-26)33-7-9-36-10-8-33;23-16-5-4-14-10-15-2-1-3-18(22(15)28-20(14)11-16)19-12-17(13-21(26)24-19)25-6-8-27-9-7-25/h2-6,11,13-16,18,31H,7-10,12,17H2,1H3,(H,32,34);1-5,11-13H,6-10,23H2,(H,24,26). The van der Waals surface area contributed by atoms with E-state index in [1.165, 1.54) is 0 Å². The summed E-state index contributed by atoms with van der Waals surface area (Å²) in [6.45, 7) is 6.36. The molecule has 5 N–H and O–H groups in total. The van der Waals surface area contributed by atoms with E-state index >= 15 is 0 Å². The molecule has 0 radical (unpaired) electrons. The van der Waals surface area contributed by atoms with Gasteiger partial charge in [0.1, 0.15) is 28.7 Å². The molecular weight excluding hydrogens is 823 g/mol. The van der Waals surface area contributed by atoms with Crippen LogP contribution in [0.25, 0.3) is 22.5 Å². The molecule has 4 aliphatic heterocycles. The third kappa shape index (κ3) is 9.12. The Morgan fingerprint density at radius 2 is 1.20 bits per heavy atom. The minimum atomic E-state index is -0.133. The molecule has 0 saturated carbocycles. The van der Waals surface area contributed by atoms with Crippen molar-refractivity contribution in [2.45, 2.75) is 19.4 Å². The minimum absolute atomic E-state index is 0.128. The van der Waals surface area contributed by atoms with Crippen LogP contribution in [0.4, 0.5) is 22.7 Å². The number of ether oxygens (including phenoxy) is 5. The molecule has 0 unspecified atom stereocenters. The van der Waals surface area contributed by atoms with Crippen molar-refractivity contribution in [1.29, 1.82) is 0 Å². The van der Waals surface area contributed by atoms with E-state index in [0.29, 0.717) is 38.7 Å². The van der Waals surface area contributed by atoms with Gasteiger partial charge in [0, 0.05) is 110 Å². The van der Waals surface area contributed by atoms with Crippen LogP contribution in [0.2, 0.25) is 0 Å². The average Bonchev–Trinajstić information content (AvgIpc) is 3.34. The largest absolute Gasteiger partial charge is 0.495 e. The molecule has 0 spiro atoms. The van der Waals surface area contributed by atoms with Crippen molar-refractivity contribution in [2.75, 3.05) is 80.6 Å². The number of nitrogens with one attached hydrogen (secondary N) is 3. The lowest BCUT2D eigenvalue weighted by atomic mass is 9.96. The quantitative estimate of drug-likeness (QED) is 0.110. The Kier molecular flexibility index (Phi) is 11.7. The second kappa shape index (κ2) is 18.3. The highest BCUT2D eigenvalue weighted by Crippen LogP contribution is 2.45. The summed E-state index contributed by atoms with van der Waals surface area (Å²) in [7, 11) is 1.63. The molecule has 0 bridgehead atoms. The van der Waals surface area contributed by atoms with E-state index in [1.807, 2.05) is 72.9 Å². The van der Waals surface area contributed by atoms with E-state index in [2.05, 4.69) is 54.3 Å². The molecule has 2 saturated heterocycles. The summed E-state index contributed by atoms with van der Waals surface area (Å²) in [5.74, 6) is 3.86. The molecule has 14 nitrogen and oxygen atoms in total. The zero-order valence-electron chi connectivity index (χ0n) is 36.0. The Labute approximate surface area is 375 Å². The van der Waals surface area contributed by atoms with Gasteiger partial charge in [0.2, 0.25) is 11.1 Å². The fourth-order valence-corrected chi connectivity index (χ4v) is 8.69. The predicted octanol–water partition coefficient (Wildman–Crippen LogP) is 7.75. The summed E-state index contributed by atoms with van der Waals surface area (Å²) in [6, 6.07) is 33.3. The molecule has 4 aromatic carbocycles. The third-order valence-corrected chi connectivity index (χ3v) is 12.0. The van der Waals surface area contributed by atoms with Gasteiger partial charge in [-0.05, 0) is 70.3 Å². The highest BCUT2D eigenvalue weighted by Gasteiger charge is 2.24. The van der Waals surface area contributed by atoms with Crippen molar-refractivity contribution < 1.29 is 23.7 Å². The van der Waals surface area contributed by atoms with Gasteiger partial charge in [-0.2, -0.15) is 0 Å². The number of benzene rings is 4. The lowest BCUT2D eigenvalue weighted by molar-refractivity contribution is 0.122. The molecule has 14 heteroatoms. The first-order chi connectivity index (χ1) is 31.8. The number of aromatic amines is 2. The second-order valence-corrected chi connectivity index (χ2v) is 16.4. The molecule has 3 aromatic heterocycles. The summed E-state index contributed by atoms with van der Waals surface area (Å²) < 4.78 is 28.9. The first-order valence-corrected chi connectivity index (χ1v) is 21.8. The molecular formula is C51H49N7O7. The van der Waals surface area contributed by atoms with Gasteiger partial charge in [-0.25, -0.2) is 0 Å². The van der Waals surface area contributed by atoms with Crippen LogP contribution >= 0.6 is 0 Å². The minimum Gasteiger partial charge on any atom is -0.495 e. The van der Waals surface area contributed by atoms with Crippen molar-refractivity contribution in [3.63, 3.8) is 0 Å². The van der Waals surface area contributed by atoms with E-state index in [1.54, 1.807) is 25.4 Å². The number of anilines is 4. The van der Waals surface area contributed by atoms with Crippen LogP contribution < -0.4 is 46.2 Å². The number of nitrogens with zero attached hydrogens (tertiary/aromatic N) is 3. The van der Waals surface area contributed by atoms with E-state index in [-0.39, 0.29) is 11.1 Å². The summed E-state index contributed by atoms with van der Waals surface area (Å²) in [5, 5.41) is 3.45. The van der Waals surface area contributed by atoms with E-state index < -0.39 is 0 Å². The number of nitrogens with two attached hydrogens (primary N) is 1. The van der Waals surface area contributed by atoms with Gasteiger partial charge in [-0.3, -0.25) is 14.6 Å². The van der Waals surface area contributed by atoms with Gasteiger partial charge >= 0.3 is 0 Å². The highest BCUT2D eigenvalue weighted by molar-refractivity contribution is 5.76. The van der Waals surface area contributed by atoms with Gasteiger partial charge in [-0.15, -0.1) is 0 Å². The van der Waals surface area contributed by atoms with Crippen molar-refractivity contribution in [2.24, 2.45) is 0 Å². The first-order valence-electron chi connectivity index (χ1n) is 21.8. The summed E-state index contributed by atoms with van der Waals surface area (Å²) in [6.07, 6.45) is 5.03. The zero-order valence-corrected chi connectivity index (χ0v) is 36.0. The number of rotatable bonds is 8. The number of para-hydroxylation sites is 2. The number of hydrogen-bond donors (Lipinski definition) is 4. The molecule has 0 aliphatic carbocycles. The van der Waals surface area contributed by atoms with Gasteiger partial charge in [0.25, 0.3) is 0 Å². The van der Waals surface area contributed by atoms with Crippen molar-refractivity contribution in [3.05, 3.63) is 164 Å². The Hall–Kier alpha value is -7.55. The predicted molar refractivity (Wildman–Crippen MR) is 252 cm³/mol. The lowest BCUT2D eigenvalue weighted by Crippen LogP contribution is -2.36. The number of methoxy groups -OCH3 is 1. The molecule has 330 valence electrons. The average molecular weight is 872 g/mol. The van der Waals surface area contributed by atoms with Gasteiger partial charge in [0.05, 0.1) is 51.1 Å². The molecule has 11 rings (SSSR count). The fourth-order valence-electron chi connectivity index (χ4n) is 8.69. The third-order valence-electron chi connectivity index (χ3n) is 12.0. The van der Waals surface area contributed by atoms with Crippen molar-refractivity contribution >= 4 is 22.7 Å². The van der Waals surface area contributed by atoms with Crippen LogP contribution in [0.3, 0.4) is 0 Å². The van der Waals surface area contributed by atoms with Crippen molar-refractivity contribution in [3.8, 4) is 51.3 Å². The molecule has 65 heavy (non-hydrogen) atoms.